The van der Waals surface area contributed by atoms with Crippen molar-refractivity contribution in [3.8, 4) is 0 Å². The zero-order chi connectivity index (χ0) is 35.3. The summed E-state index contributed by atoms with van der Waals surface area (Å²) >= 11 is 25.4. The largest absolute Gasteiger partial charge is 0.657 e. The van der Waals surface area contributed by atoms with Gasteiger partial charge in [0.1, 0.15) is 0 Å². The summed E-state index contributed by atoms with van der Waals surface area (Å²) in [5, 5.41) is 5.65. The predicted molar refractivity (Wildman–Crippen MR) is 210 cm³/mol. The van der Waals surface area contributed by atoms with Crippen molar-refractivity contribution in [1.29, 1.82) is 0 Å². The van der Waals surface area contributed by atoms with E-state index in [-0.39, 0.29) is 19.5 Å². The maximum Gasteiger partial charge on any atom is 0.0406 e. The van der Waals surface area contributed by atoms with Gasteiger partial charge in [-0.2, -0.15) is 0 Å². The number of nitrogens with zero attached hydrogens (tertiary/aromatic N) is 4. The van der Waals surface area contributed by atoms with Crippen molar-refractivity contribution in [2.45, 2.75) is 0 Å². The number of fused-ring (bicyclic) bond motifs is 8. The monoisotopic (exact) mass is 812 g/mol. The molecule has 4 aromatic heterocycles. The van der Waals surface area contributed by atoms with Crippen molar-refractivity contribution in [2.24, 2.45) is 0 Å². The van der Waals surface area contributed by atoms with Crippen molar-refractivity contribution >= 4 is 68.7 Å². The molecule has 1 aliphatic heterocycles. The Bertz CT molecular complexity index is 2470. The fourth-order valence-electron chi connectivity index (χ4n) is 6.74. The summed E-state index contributed by atoms with van der Waals surface area (Å²) < 4.78 is 0. The molecule has 9 rings (SSSR count). The van der Waals surface area contributed by atoms with Crippen LogP contribution in [0.3, 0.4) is 0 Å². The van der Waals surface area contributed by atoms with E-state index in [4.69, 9.17) is 66.3 Å². The van der Waals surface area contributed by atoms with E-state index in [1.165, 1.54) is 0 Å². The Labute approximate surface area is 337 Å². The number of rotatable bonds is 4. The van der Waals surface area contributed by atoms with Crippen molar-refractivity contribution < 1.29 is 19.5 Å². The molecule has 4 nitrogen and oxygen atoms in total. The van der Waals surface area contributed by atoms with Gasteiger partial charge >= 0.3 is 0 Å². The summed E-state index contributed by atoms with van der Waals surface area (Å²) in [4.78, 5) is 21.1. The minimum Gasteiger partial charge on any atom is -0.657 e. The number of hydrogen-bond donors (Lipinski definition) is 0. The number of hydrogen-bond acceptors (Lipinski definition) is 0. The third kappa shape index (κ3) is 6.81. The molecule has 0 amide bonds. The van der Waals surface area contributed by atoms with Gasteiger partial charge in [-0.25, -0.2) is 0 Å². The maximum atomic E-state index is 6.36. The van der Waals surface area contributed by atoms with Crippen LogP contribution in [0.15, 0.2) is 146 Å². The quantitative estimate of drug-likeness (QED) is 0.174. The molecule has 0 spiro atoms. The molecule has 0 atom stereocenters. The van der Waals surface area contributed by atoms with Gasteiger partial charge in [0, 0.05) is 39.6 Å². The molecule has 0 N–H and O–H groups in total. The van der Waals surface area contributed by atoms with Gasteiger partial charge in [-0.15, -0.1) is 44.2 Å². The molecule has 53 heavy (non-hydrogen) atoms. The standard InChI is InChI=1S/C44H24Cl4N4.Zn/c45-29-9-1-25(2-10-29)41-33-17-19-35(49-33)42(26-3-11-30(46)12-4-26)37-21-23-39(51-37)44(28-7-15-32(48)16-8-28)40-24-22-38(52-40)43(36-20-18-34(41)50-36)27-5-13-31(47)14-6-27;/h1-24H;/q-4;/b41-33-,41-34?,42-35-,42-37?,43-36?,43-38-,44-39?,44-40-;. The van der Waals surface area contributed by atoms with Crippen molar-refractivity contribution in [3.63, 3.8) is 0 Å². The summed E-state index contributed by atoms with van der Waals surface area (Å²) in [5.74, 6) is 0. The first-order valence-electron chi connectivity index (χ1n) is 16.5. The normalized spacial score (nSPS) is 16.7. The van der Waals surface area contributed by atoms with E-state index in [1.54, 1.807) is 0 Å². The van der Waals surface area contributed by atoms with Gasteiger partial charge in [0.05, 0.1) is 0 Å². The second-order valence-corrected chi connectivity index (χ2v) is 14.1. The Morgan fingerprint density at radius 3 is 0.660 bits per heavy atom. The average molecular weight is 816 g/mol. The van der Waals surface area contributed by atoms with Crippen molar-refractivity contribution in [3.05, 3.63) is 232 Å². The second-order valence-electron chi connectivity index (χ2n) is 12.4. The molecule has 0 saturated heterocycles. The summed E-state index contributed by atoms with van der Waals surface area (Å²) in [5.41, 5.74) is 10.3. The van der Waals surface area contributed by atoms with Gasteiger partial charge in [-0.3, -0.25) is 0 Å². The van der Waals surface area contributed by atoms with Crippen LogP contribution in [0.1, 0.15) is 45.0 Å². The minimum absolute atomic E-state index is 0. The molecular weight excluding hydrogens is 792 g/mol. The number of halogens is 4. The third-order valence-corrected chi connectivity index (χ3v) is 10.1. The first-order chi connectivity index (χ1) is 25.4. The van der Waals surface area contributed by atoms with Crippen LogP contribution in [-0.2, 0) is 19.5 Å². The summed E-state index contributed by atoms with van der Waals surface area (Å²) in [6, 6.07) is 47.3. The predicted octanol–water partition coefficient (Wildman–Crippen LogP) is 7.43. The van der Waals surface area contributed by atoms with Crippen LogP contribution >= 0.6 is 46.4 Å². The second kappa shape index (κ2) is 14.6. The molecule has 9 heteroatoms. The average Bonchev–Trinajstić information content (AvgIpc) is 3.99. The van der Waals surface area contributed by atoms with E-state index in [1.807, 2.05) is 146 Å². The number of aromatic nitrogens is 4. The van der Waals surface area contributed by atoms with Crippen LogP contribution in [0, 0.1) is 0 Å². The van der Waals surface area contributed by atoms with Gasteiger partial charge in [-0.1, -0.05) is 143 Å². The van der Waals surface area contributed by atoms with Gasteiger partial charge < -0.3 is 19.9 Å². The fraction of sp³-hybridized carbons (Fsp3) is 0. The molecule has 0 fully saturated rings. The number of benzene rings is 4. The molecule has 0 aliphatic carbocycles. The van der Waals surface area contributed by atoms with Crippen molar-refractivity contribution in [2.75, 3.05) is 0 Å². The summed E-state index contributed by atoms with van der Waals surface area (Å²) in [7, 11) is 0. The van der Waals surface area contributed by atoms with Gasteiger partial charge in [0.2, 0.25) is 0 Å². The van der Waals surface area contributed by atoms with E-state index in [0.29, 0.717) is 20.1 Å². The summed E-state index contributed by atoms with van der Waals surface area (Å²) in [6.07, 6.45) is 0. The first-order valence-corrected chi connectivity index (χ1v) is 18.0. The Hall–Kier alpha value is -4.74. The Morgan fingerprint density at radius 1 is 0.245 bits per heavy atom. The van der Waals surface area contributed by atoms with E-state index in [2.05, 4.69) is 0 Å². The molecule has 4 aromatic carbocycles. The van der Waals surface area contributed by atoms with Crippen LogP contribution in [0.5, 0.6) is 0 Å². The van der Waals surface area contributed by atoms with Crippen LogP contribution in [0.25, 0.3) is 22.3 Å². The van der Waals surface area contributed by atoms with Crippen LogP contribution < -0.4 is 41.3 Å². The Morgan fingerprint density at radius 2 is 0.453 bits per heavy atom. The first kappa shape index (κ1) is 35.3. The molecule has 254 valence electrons. The molecule has 0 saturated carbocycles. The summed E-state index contributed by atoms with van der Waals surface area (Å²) in [6.45, 7) is 0. The van der Waals surface area contributed by atoms with Crippen LogP contribution in [0.2, 0.25) is 20.1 Å². The third-order valence-electron chi connectivity index (χ3n) is 9.14. The SMILES string of the molecule is Clc1ccc(/C2=c3\cc/c([n-]3)=C(\c3ccc(Cl)cc3)c3ccc([n-]3)/C(c3ccc(Cl)cc3)=c3/cc/c([n-]3)=C(\c3ccc(Cl)cc3)c3ccc2[n-]3)cc1.[Zn]. The van der Waals surface area contributed by atoms with E-state index in [9.17, 15) is 0 Å². The molecule has 0 unspecified atom stereocenters. The van der Waals surface area contributed by atoms with Crippen LogP contribution in [0.4, 0.5) is 0 Å². The minimum atomic E-state index is 0. The zero-order valence-electron chi connectivity index (χ0n) is 27.9. The van der Waals surface area contributed by atoms with E-state index >= 15 is 0 Å². The van der Waals surface area contributed by atoms with Gasteiger partial charge in [-0.05, 0) is 93.1 Å². The van der Waals surface area contributed by atoms with E-state index < -0.39 is 0 Å². The van der Waals surface area contributed by atoms with Crippen LogP contribution in [-0.4, -0.2) is 0 Å². The molecule has 0 radical (unpaired) electrons. The van der Waals surface area contributed by atoms with Gasteiger partial charge in [0.25, 0.3) is 0 Å². The molecule has 1 aliphatic rings. The fourth-order valence-corrected chi connectivity index (χ4v) is 7.24. The molecule has 8 bridgehead atoms. The molecule has 5 heterocycles. The molecule has 8 aromatic rings. The van der Waals surface area contributed by atoms with E-state index in [0.717, 1.165) is 88.7 Å². The van der Waals surface area contributed by atoms with Crippen molar-refractivity contribution in [1.82, 2.24) is 19.9 Å². The zero-order valence-corrected chi connectivity index (χ0v) is 33.9. The van der Waals surface area contributed by atoms with Gasteiger partial charge in [0.15, 0.2) is 0 Å². The molecular formula is C44H24Cl4N4Zn-4. The maximum absolute atomic E-state index is 6.36. The Balaban J connectivity index is 0.00000400. The smallest absolute Gasteiger partial charge is 0.0406 e. The topological polar surface area (TPSA) is 56.4 Å². The Kier molecular flexibility index (Phi) is 9.72.